The molecule has 0 fully saturated rings. The molecule has 1 heterocycles. The highest BCUT2D eigenvalue weighted by Crippen LogP contribution is 2.17. The molecule has 0 saturated carbocycles. The lowest BCUT2D eigenvalue weighted by molar-refractivity contribution is 0.0693. The maximum Gasteiger partial charge on any atom is 0.341 e. The summed E-state index contributed by atoms with van der Waals surface area (Å²) in [5.74, 6) is -3.44. The predicted molar refractivity (Wildman–Crippen MR) is 38.9 cm³/mol. The Bertz CT molecular complexity index is 427. The first-order valence-electron chi connectivity index (χ1n) is 3.37. The third kappa shape index (κ3) is 1.61. The summed E-state index contributed by atoms with van der Waals surface area (Å²) < 4.78 is 36.8. The van der Waals surface area contributed by atoms with Crippen molar-refractivity contribution in [1.82, 2.24) is 4.98 Å². The molecule has 0 aliphatic rings. The number of aromatic carboxylic acids is 1. The van der Waals surface area contributed by atoms with E-state index >= 15 is 0 Å². The monoisotopic (exact) mass is 207 g/mol. The zero-order chi connectivity index (χ0) is 10.9. The summed E-state index contributed by atoms with van der Waals surface area (Å²) in [6.45, 7) is 0. The molecule has 1 aromatic rings. The van der Waals surface area contributed by atoms with Crippen LogP contribution in [0.2, 0.25) is 0 Å². The molecule has 76 valence electrons. The van der Waals surface area contributed by atoms with Crippen molar-refractivity contribution < 1.29 is 23.1 Å². The van der Waals surface area contributed by atoms with Gasteiger partial charge in [-0.15, -0.1) is 0 Å². The van der Waals surface area contributed by atoms with Gasteiger partial charge in [-0.1, -0.05) is 0 Å². The number of carboxylic acids is 1. The van der Waals surface area contributed by atoms with E-state index in [1.54, 1.807) is 4.98 Å². The molecule has 0 aromatic carbocycles. The maximum absolute atomic E-state index is 12.8. The van der Waals surface area contributed by atoms with E-state index in [-0.39, 0.29) is 0 Å². The lowest BCUT2D eigenvalue weighted by atomic mass is 10.2. The molecule has 2 N–H and O–H groups in total. The van der Waals surface area contributed by atoms with Crippen molar-refractivity contribution in [3.8, 4) is 0 Å². The molecule has 14 heavy (non-hydrogen) atoms. The van der Waals surface area contributed by atoms with E-state index in [0.29, 0.717) is 6.20 Å². The van der Waals surface area contributed by atoms with E-state index in [9.17, 15) is 22.8 Å². The number of nitrogens with one attached hydrogen (secondary N) is 1. The van der Waals surface area contributed by atoms with Gasteiger partial charge in [0.2, 0.25) is 5.43 Å². The van der Waals surface area contributed by atoms with Gasteiger partial charge in [-0.2, -0.15) is 0 Å². The lowest BCUT2D eigenvalue weighted by Gasteiger charge is -2.01. The van der Waals surface area contributed by atoms with Crippen LogP contribution in [0.1, 0.15) is 22.5 Å². The number of rotatable bonds is 2. The number of halogens is 3. The van der Waals surface area contributed by atoms with E-state index in [4.69, 9.17) is 5.11 Å². The molecule has 1 aromatic heterocycles. The first kappa shape index (κ1) is 10.3. The molecule has 0 aliphatic carbocycles. The van der Waals surface area contributed by atoms with Crippen LogP contribution >= 0.6 is 0 Å². The van der Waals surface area contributed by atoms with Crippen LogP contribution in [0.5, 0.6) is 0 Å². The third-order valence-corrected chi connectivity index (χ3v) is 1.50. The molecule has 0 spiro atoms. The molecule has 0 aliphatic heterocycles. The molecule has 0 radical (unpaired) electrons. The van der Waals surface area contributed by atoms with Crippen LogP contribution in [-0.4, -0.2) is 16.1 Å². The second-order valence-corrected chi connectivity index (χ2v) is 2.36. The van der Waals surface area contributed by atoms with Crippen molar-refractivity contribution in [2.45, 2.75) is 6.43 Å². The van der Waals surface area contributed by atoms with Crippen molar-refractivity contribution in [2.75, 3.05) is 0 Å². The Labute approximate surface area is 75.0 Å². The van der Waals surface area contributed by atoms with Gasteiger partial charge in [-0.05, 0) is 0 Å². The highest BCUT2D eigenvalue weighted by atomic mass is 19.3. The number of pyridine rings is 1. The van der Waals surface area contributed by atoms with E-state index in [1.165, 1.54) is 0 Å². The molecule has 0 atom stereocenters. The van der Waals surface area contributed by atoms with Crippen LogP contribution in [0, 0.1) is 5.82 Å². The van der Waals surface area contributed by atoms with Crippen molar-refractivity contribution >= 4 is 5.97 Å². The normalized spacial score (nSPS) is 10.6. The van der Waals surface area contributed by atoms with Crippen LogP contribution in [0.25, 0.3) is 0 Å². The summed E-state index contributed by atoms with van der Waals surface area (Å²) >= 11 is 0. The van der Waals surface area contributed by atoms with E-state index in [0.717, 1.165) is 0 Å². The van der Waals surface area contributed by atoms with Crippen LogP contribution in [0.15, 0.2) is 11.0 Å². The van der Waals surface area contributed by atoms with E-state index < -0.39 is 34.9 Å². The first-order chi connectivity index (χ1) is 6.45. The standard InChI is InChI=1S/C7H4F3NO3/c8-3-4(6(9)10)11-1-2(5(3)12)7(13)14/h1,6H,(H,11,12)(H,13,14). The Kier molecular flexibility index (Phi) is 2.59. The Morgan fingerprint density at radius 2 is 2.07 bits per heavy atom. The van der Waals surface area contributed by atoms with Gasteiger partial charge in [-0.3, -0.25) is 4.79 Å². The second-order valence-electron chi connectivity index (χ2n) is 2.36. The van der Waals surface area contributed by atoms with Gasteiger partial charge in [0.25, 0.3) is 6.43 Å². The molecule has 0 unspecified atom stereocenters. The first-order valence-corrected chi connectivity index (χ1v) is 3.37. The van der Waals surface area contributed by atoms with Gasteiger partial charge in [0, 0.05) is 6.20 Å². The second kappa shape index (κ2) is 3.52. The molecule has 4 nitrogen and oxygen atoms in total. The van der Waals surface area contributed by atoms with Crippen LogP contribution in [0.4, 0.5) is 13.2 Å². The Morgan fingerprint density at radius 3 is 2.50 bits per heavy atom. The Morgan fingerprint density at radius 1 is 1.50 bits per heavy atom. The zero-order valence-corrected chi connectivity index (χ0v) is 6.55. The van der Waals surface area contributed by atoms with Crippen LogP contribution < -0.4 is 5.43 Å². The molecule has 0 bridgehead atoms. The number of H-pyrrole nitrogens is 1. The Hall–Kier alpha value is -1.79. The highest BCUT2D eigenvalue weighted by molar-refractivity contribution is 5.87. The number of carboxylic acid groups (broad SMARTS) is 1. The van der Waals surface area contributed by atoms with Gasteiger partial charge >= 0.3 is 5.97 Å². The van der Waals surface area contributed by atoms with Crippen molar-refractivity contribution in [2.24, 2.45) is 0 Å². The van der Waals surface area contributed by atoms with Gasteiger partial charge in [0.05, 0.1) is 0 Å². The summed E-state index contributed by atoms with van der Waals surface area (Å²) in [6.07, 6.45) is -2.65. The average molecular weight is 207 g/mol. The van der Waals surface area contributed by atoms with Gasteiger partial charge in [0.1, 0.15) is 11.3 Å². The predicted octanol–water partition coefficient (Wildman–Crippen LogP) is 1.15. The summed E-state index contributed by atoms with van der Waals surface area (Å²) in [5, 5.41) is 8.35. The van der Waals surface area contributed by atoms with Crippen molar-refractivity contribution in [3.63, 3.8) is 0 Å². The highest BCUT2D eigenvalue weighted by Gasteiger charge is 2.21. The fourth-order valence-electron chi connectivity index (χ4n) is 0.837. The molecule has 7 heteroatoms. The molecule has 1 rings (SSSR count). The molecular weight excluding hydrogens is 203 g/mol. The van der Waals surface area contributed by atoms with Gasteiger partial charge in [0.15, 0.2) is 5.82 Å². The largest absolute Gasteiger partial charge is 0.477 e. The molecule has 0 saturated heterocycles. The third-order valence-electron chi connectivity index (χ3n) is 1.50. The SMILES string of the molecule is O=C(O)c1c[nH]c(C(F)F)c(F)c1=O. The average Bonchev–Trinajstić information content (AvgIpc) is 2.08. The van der Waals surface area contributed by atoms with Crippen LogP contribution in [0.3, 0.4) is 0 Å². The smallest absolute Gasteiger partial charge is 0.341 e. The van der Waals surface area contributed by atoms with Crippen molar-refractivity contribution in [3.05, 3.63) is 33.5 Å². The maximum atomic E-state index is 12.8. The zero-order valence-electron chi connectivity index (χ0n) is 6.55. The summed E-state index contributed by atoms with van der Waals surface area (Å²) in [7, 11) is 0. The minimum atomic E-state index is -3.19. The number of hydrogen-bond acceptors (Lipinski definition) is 2. The summed E-state index contributed by atoms with van der Waals surface area (Å²) in [5.41, 5.74) is -3.67. The number of carbonyl (C=O) groups is 1. The van der Waals surface area contributed by atoms with Gasteiger partial charge in [-0.25, -0.2) is 18.0 Å². The topological polar surface area (TPSA) is 70.2 Å². The van der Waals surface area contributed by atoms with Gasteiger partial charge < -0.3 is 10.1 Å². The molecule has 0 amide bonds. The van der Waals surface area contributed by atoms with Crippen LogP contribution in [-0.2, 0) is 0 Å². The summed E-state index contributed by atoms with van der Waals surface area (Å²) in [4.78, 5) is 22.8. The summed E-state index contributed by atoms with van der Waals surface area (Å²) in [6, 6.07) is 0. The van der Waals surface area contributed by atoms with E-state index in [1.807, 2.05) is 0 Å². The Balaban J connectivity index is 3.42. The minimum Gasteiger partial charge on any atom is -0.477 e. The molecular formula is C7H4F3NO3. The number of hydrogen-bond donors (Lipinski definition) is 2. The number of aromatic amines is 1. The minimum absolute atomic E-state index is 0.537. The van der Waals surface area contributed by atoms with E-state index in [2.05, 4.69) is 0 Å². The number of aromatic nitrogens is 1. The quantitative estimate of drug-likeness (QED) is 0.764. The number of alkyl halides is 2. The fraction of sp³-hybridized carbons (Fsp3) is 0.143. The lowest BCUT2D eigenvalue weighted by Crippen LogP contribution is -2.20. The fourth-order valence-corrected chi connectivity index (χ4v) is 0.837. The van der Waals surface area contributed by atoms with Crippen molar-refractivity contribution in [1.29, 1.82) is 0 Å².